The van der Waals surface area contributed by atoms with E-state index in [1.165, 1.54) is 0 Å². The third-order valence-electron chi connectivity index (χ3n) is 5.58. The molecule has 3 rings (SSSR count). The van der Waals surface area contributed by atoms with Crippen LogP contribution in [0, 0.1) is 5.41 Å². The Morgan fingerprint density at radius 1 is 1.24 bits per heavy atom. The monoisotopic (exact) mass is 368 g/mol. The summed E-state index contributed by atoms with van der Waals surface area (Å²) in [6, 6.07) is 6.29. The Morgan fingerprint density at radius 2 is 1.96 bits per heavy atom. The maximum atomic E-state index is 13.2. The first kappa shape index (κ1) is 19.9. The van der Waals surface area contributed by atoms with Gasteiger partial charge in [-0.15, -0.1) is 12.4 Å². The van der Waals surface area contributed by atoms with Crippen LogP contribution in [0.5, 0.6) is 11.5 Å². The number of halogens is 1. The standard InChI is InChI=1S/C19H28N2O3.ClH/c1-13(2)21-11-15(19(18(21)22)8-5-9-20-12-19)14-6-7-16(23-3)17(10-14)24-4;/h6-7,10,13,15,20H,5,8-9,11-12H2,1-4H3;1H. The predicted octanol–water partition coefficient (Wildman–Crippen LogP) is 2.83. The second-order valence-electron chi connectivity index (χ2n) is 7.15. The van der Waals surface area contributed by atoms with Gasteiger partial charge in [-0.2, -0.15) is 0 Å². The third kappa shape index (κ3) is 3.32. The van der Waals surface area contributed by atoms with E-state index in [0.717, 1.165) is 49.5 Å². The van der Waals surface area contributed by atoms with Crippen molar-refractivity contribution in [3.05, 3.63) is 23.8 Å². The number of likely N-dealkylation sites (tertiary alicyclic amines) is 1. The van der Waals surface area contributed by atoms with E-state index in [9.17, 15) is 4.79 Å². The van der Waals surface area contributed by atoms with Crippen LogP contribution in [-0.4, -0.2) is 50.7 Å². The van der Waals surface area contributed by atoms with Crippen LogP contribution in [0.2, 0.25) is 0 Å². The summed E-state index contributed by atoms with van der Waals surface area (Å²) in [5, 5.41) is 3.45. The Labute approximate surface area is 156 Å². The number of nitrogens with one attached hydrogen (secondary N) is 1. The highest BCUT2D eigenvalue weighted by Crippen LogP contribution is 2.49. The molecule has 6 heteroatoms. The second-order valence-corrected chi connectivity index (χ2v) is 7.15. The van der Waals surface area contributed by atoms with Gasteiger partial charge in [0, 0.05) is 25.0 Å². The highest BCUT2D eigenvalue weighted by molar-refractivity contribution is 5.87. The first-order chi connectivity index (χ1) is 11.5. The molecule has 1 spiro atoms. The number of ether oxygens (including phenoxy) is 2. The zero-order valence-electron chi connectivity index (χ0n) is 15.5. The van der Waals surface area contributed by atoms with E-state index in [4.69, 9.17) is 9.47 Å². The molecule has 25 heavy (non-hydrogen) atoms. The van der Waals surface area contributed by atoms with Crippen molar-refractivity contribution >= 4 is 18.3 Å². The fourth-order valence-electron chi connectivity index (χ4n) is 4.24. The normalized spacial score (nSPS) is 26.0. The molecule has 0 aliphatic carbocycles. The van der Waals surface area contributed by atoms with E-state index < -0.39 is 0 Å². The molecular formula is C19H29ClN2O3. The van der Waals surface area contributed by atoms with Crippen molar-refractivity contribution in [1.29, 1.82) is 0 Å². The van der Waals surface area contributed by atoms with Crippen molar-refractivity contribution in [3.63, 3.8) is 0 Å². The van der Waals surface area contributed by atoms with Crippen molar-refractivity contribution in [2.75, 3.05) is 33.9 Å². The van der Waals surface area contributed by atoms with Gasteiger partial charge in [-0.3, -0.25) is 4.79 Å². The lowest BCUT2D eigenvalue weighted by Gasteiger charge is -2.37. The second kappa shape index (κ2) is 7.83. The molecule has 1 aromatic carbocycles. The SMILES string of the molecule is COc1ccc(C2CN(C(C)C)C(=O)C23CCCNC3)cc1OC.Cl. The Hall–Kier alpha value is -1.46. The summed E-state index contributed by atoms with van der Waals surface area (Å²) >= 11 is 0. The molecule has 1 amide bonds. The van der Waals surface area contributed by atoms with E-state index in [1.54, 1.807) is 14.2 Å². The Bertz CT molecular complexity index is 615. The lowest BCUT2D eigenvalue weighted by atomic mass is 9.69. The molecule has 0 saturated carbocycles. The number of rotatable bonds is 4. The number of hydrogen-bond donors (Lipinski definition) is 1. The molecule has 2 fully saturated rings. The number of piperidine rings is 1. The van der Waals surface area contributed by atoms with Crippen molar-refractivity contribution in [3.8, 4) is 11.5 Å². The fraction of sp³-hybridized carbons (Fsp3) is 0.632. The predicted molar refractivity (Wildman–Crippen MR) is 101 cm³/mol. The van der Waals surface area contributed by atoms with E-state index >= 15 is 0 Å². The fourth-order valence-corrected chi connectivity index (χ4v) is 4.24. The highest BCUT2D eigenvalue weighted by atomic mass is 35.5. The van der Waals surface area contributed by atoms with Gasteiger partial charge in [-0.05, 0) is 50.9 Å². The lowest BCUT2D eigenvalue weighted by Crippen LogP contribution is -2.48. The van der Waals surface area contributed by atoms with E-state index in [0.29, 0.717) is 5.91 Å². The summed E-state index contributed by atoms with van der Waals surface area (Å²) in [6.07, 6.45) is 1.99. The molecule has 1 aromatic rings. The molecule has 0 radical (unpaired) electrons. The van der Waals surface area contributed by atoms with Crippen LogP contribution in [0.1, 0.15) is 38.2 Å². The summed E-state index contributed by atoms with van der Waals surface area (Å²) in [4.78, 5) is 15.3. The van der Waals surface area contributed by atoms with Crippen LogP contribution in [0.4, 0.5) is 0 Å². The van der Waals surface area contributed by atoms with E-state index in [1.807, 2.05) is 17.0 Å². The van der Waals surface area contributed by atoms with Gasteiger partial charge in [0.05, 0.1) is 19.6 Å². The van der Waals surface area contributed by atoms with E-state index in [2.05, 4.69) is 25.2 Å². The van der Waals surface area contributed by atoms with Crippen LogP contribution in [0.15, 0.2) is 18.2 Å². The smallest absolute Gasteiger partial charge is 0.231 e. The van der Waals surface area contributed by atoms with Gasteiger partial charge in [0.25, 0.3) is 0 Å². The molecule has 0 aromatic heterocycles. The van der Waals surface area contributed by atoms with Gasteiger partial charge < -0.3 is 19.7 Å². The van der Waals surface area contributed by atoms with Crippen molar-refractivity contribution < 1.29 is 14.3 Å². The summed E-state index contributed by atoms with van der Waals surface area (Å²) in [5.74, 6) is 1.93. The summed E-state index contributed by atoms with van der Waals surface area (Å²) in [6.45, 7) is 6.72. The van der Waals surface area contributed by atoms with Crippen molar-refractivity contribution in [2.24, 2.45) is 5.41 Å². The number of hydrogen-bond acceptors (Lipinski definition) is 4. The van der Waals surface area contributed by atoms with Crippen molar-refractivity contribution in [1.82, 2.24) is 10.2 Å². The molecule has 0 bridgehead atoms. The maximum Gasteiger partial charge on any atom is 0.231 e. The molecular weight excluding hydrogens is 340 g/mol. The third-order valence-corrected chi connectivity index (χ3v) is 5.58. The summed E-state index contributed by atoms with van der Waals surface area (Å²) < 4.78 is 10.8. The zero-order valence-corrected chi connectivity index (χ0v) is 16.3. The quantitative estimate of drug-likeness (QED) is 0.887. The van der Waals surface area contributed by atoms with Crippen LogP contribution >= 0.6 is 12.4 Å². The number of carbonyl (C=O) groups is 1. The van der Waals surface area contributed by atoms with Gasteiger partial charge in [-0.25, -0.2) is 0 Å². The number of carbonyl (C=O) groups excluding carboxylic acids is 1. The summed E-state index contributed by atoms with van der Waals surface area (Å²) in [7, 11) is 3.30. The number of amides is 1. The van der Waals surface area contributed by atoms with Gasteiger partial charge in [0.1, 0.15) is 0 Å². The van der Waals surface area contributed by atoms with Gasteiger partial charge in [0.15, 0.2) is 11.5 Å². The Morgan fingerprint density at radius 3 is 2.52 bits per heavy atom. The average molecular weight is 369 g/mol. The largest absolute Gasteiger partial charge is 0.493 e. The first-order valence-corrected chi connectivity index (χ1v) is 8.77. The number of benzene rings is 1. The molecule has 140 valence electrons. The molecule has 2 saturated heterocycles. The molecule has 2 atom stereocenters. The van der Waals surface area contributed by atoms with Crippen LogP contribution < -0.4 is 14.8 Å². The van der Waals surface area contributed by atoms with E-state index in [-0.39, 0.29) is 29.8 Å². The highest BCUT2D eigenvalue weighted by Gasteiger charge is 2.55. The first-order valence-electron chi connectivity index (χ1n) is 8.77. The molecule has 5 nitrogen and oxygen atoms in total. The molecule has 2 unspecified atom stereocenters. The minimum atomic E-state index is -0.331. The zero-order chi connectivity index (χ0) is 17.3. The maximum absolute atomic E-state index is 13.2. The minimum Gasteiger partial charge on any atom is -0.493 e. The van der Waals surface area contributed by atoms with Gasteiger partial charge >= 0.3 is 0 Å². The van der Waals surface area contributed by atoms with Crippen LogP contribution in [0.3, 0.4) is 0 Å². The average Bonchev–Trinajstić information content (AvgIpc) is 2.88. The van der Waals surface area contributed by atoms with Gasteiger partial charge in [-0.1, -0.05) is 6.07 Å². The summed E-state index contributed by atoms with van der Waals surface area (Å²) in [5.41, 5.74) is 0.829. The molecule has 2 aliphatic rings. The molecule has 1 N–H and O–H groups in total. The lowest BCUT2D eigenvalue weighted by molar-refractivity contribution is -0.138. The van der Waals surface area contributed by atoms with Gasteiger partial charge in [0.2, 0.25) is 5.91 Å². The van der Waals surface area contributed by atoms with Crippen molar-refractivity contribution in [2.45, 2.75) is 38.6 Å². The minimum absolute atomic E-state index is 0. The Balaban J connectivity index is 0.00000225. The molecule has 2 aliphatic heterocycles. The topological polar surface area (TPSA) is 50.8 Å². The Kier molecular flexibility index (Phi) is 6.22. The number of methoxy groups -OCH3 is 2. The number of nitrogens with zero attached hydrogens (tertiary/aromatic N) is 1. The molecule has 2 heterocycles. The van der Waals surface area contributed by atoms with Crippen LogP contribution in [0.25, 0.3) is 0 Å². The van der Waals surface area contributed by atoms with Crippen LogP contribution in [-0.2, 0) is 4.79 Å².